The largest absolute Gasteiger partial charge is 0.461 e. The number of ether oxygens (including phenoxy) is 1. The Morgan fingerprint density at radius 1 is 0.507 bits per heavy atom. The SMILES string of the molecule is CC(C)[Si](C#Cc1c2cc3ccccc3cc2c(C#C[Si](C(C)C)(C(C)C)C(C)C)c2cc3sc(CCCOC(=O)C(F)(F)C(F)(F)C(F)(F)C(F)(F)C(F)(F)C(F)(F)C(F)(F)F)cc3cc12)(C(C)C)C(C)C. The summed E-state index contributed by atoms with van der Waals surface area (Å²) in [5.74, 6) is -44.8. The molecule has 0 bridgehead atoms. The maximum atomic E-state index is 14.6. The Morgan fingerprint density at radius 2 is 0.863 bits per heavy atom. The molecule has 0 radical (unpaired) electrons. The first-order valence-electron chi connectivity index (χ1n) is 23.7. The lowest BCUT2D eigenvalue weighted by Gasteiger charge is -2.40. The van der Waals surface area contributed by atoms with E-state index in [1.807, 2.05) is 36.4 Å². The van der Waals surface area contributed by atoms with Gasteiger partial charge in [0.05, 0.1) is 6.61 Å². The molecule has 0 saturated carbocycles. The Kier molecular flexibility index (Phi) is 16.5. The van der Waals surface area contributed by atoms with Gasteiger partial charge in [-0.2, -0.15) is 65.9 Å². The summed E-state index contributed by atoms with van der Waals surface area (Å²) >= 11 is 1.21. The maximum Gasteiger partial charge on any atom is 0.460 e. The third-order valence-electron chi connectivity index (χ3n) is 14.6. The molecular weight excluding hydrogens is 1040 g/mol. The molecule has 0 atom stereocenters. The summed E-state index contributed by atoms with van der Waals surface area (Å²) in [6, 6.07) is 17.8. The summed E-state index contributed by atoms with van der Waals surface area (Å²) in [5.41, 5.74) is 11.1. The third-order valence-corrected chi connectivity index (χ3v) is 28.3. The topological polar surface area (TPSA) is 26.3 Å². The number of benzene rings is 4. The van der Waals surface area contributed by atoms with Crippen LogP contribution in [-0.4, -0.2) is 70.4 Å². The van der Waals surface area contributed by atoms with Crippen LogP contribution in [0.4, 0.5) is 65.9 Å². The highest BCUT2D eigenvalue weighted by Gasteiger charge is 2.94. The van der Waals surface area contributed by atoms with E-state index in [1.165, 1.54) is 11.3 Å². The Balaban J connectivity index is 1.63. The molecule has 20 heteroatoms. The van der Waals surface area contributed by atoms with Crippen LogP contribution in [0.2, 0.25) is 33.2 Å². The molecule has 5 aromatic rings. The van der Waals surface area contributed by atoms with Crippen LogP contribution in [0.15, 0.2) is 54.6 Å². The standard InChI is InChI=1S/C53H57F15O2SSi2/c1-29(2)72(30(3)4,31(5)6)22-19-39-41-25-35-16-13-14-17-36(35)26-42(41)40(20-23-73(32(7)8,33(9)10)34(11)12)44-28-45-37(27-43(39)44)24-38(71-45)18-15-21-70-46(69)47(54,55)48(56,57)49(58,59)50(60,61)51(62,63)52(64,65)53(66,67)68/h13-14,16-17,24-34H,15,18,21H2,1-12H3. The number of fused-ring (bicyclic) bond motifs is 4. The fourth-order valence-electron chi connectivity index (χ4n) is 10.7. The number of halogens is 15. The molecule has 0 saturated heterocycles. The molecular formula is C53H57F15O2SSi2. The van der Waals surface area contributed by atoms with Crippen molar-refractivity contribution >= 4 is 75.9 Å². The van der Waals surface area contributed by atoms with Crippen molar-refractivity contribution in [2.45, 2.75) is 171 Å². The lowest BCUT2D eigenvalue weighted by Crippen LogP contribution is -2.73. The number of hydrogen-bond donors (Lipinski definition) is 0. The van der Waals surface area contributed by atoms with Gasteiger partial charge in [-0.3, -0.25) is 0 Å². The third kappa shape index (κ3) is 9.65. The zero-order chi connectivity index (χ0) is 55.6. The van der Waals surface area contributed by atoms with Crippen molar-refractivity contribution in [1.29, 1.82) is 0 Å². The second-order valence-corrected chi connectivity index (χ2v) is 32.9. The molecule has 0 aliphatic rings. The maximum absolute atomic E-state index is 14.6. The average molecular weight is 1100 g/mol. The summed E-state index contributed by atoms with van der Waals surface area (Å²) in [7, 11) is -4.68. The summed E-state index contributed by atoms with van der Waals surface area (Å²) in [4.78, 5) is 12.6. The molecule has 4 aromatic carbocycles. The van der Waals surface area contributed by atoms with Gasteiger partial charge >= 0.3 is 47.7 Å². The van der Waals surface area contributed by atoms with Gasteiger partial charge in [0.15, 0.2) is 0 Å². The molecule has 1 heterocycles. The van der Waals surface area contributed by atoms with Crippen molar-refractivity contribution in [2.24, 2.45) is 0 Å². The molecule has 0 aliphatic carbocycles. The van der Waals surface area contributed by atoms with E-state index in [9.17, 15) is 70.7 Å². The lowest BCUT2D eigenvalue weighted by molar-refractivity contribution is -0.450. The van der Waals surface area contributed by atoms with Crippen LogP contribution < -0.4 is 0 Å². The predicted molar refractivity (Wildman–Crippen MR) is 265 cm³/mol. The quantitative estimate of drug-likeness (QED) is 0.0246. The van der Waals surface area contributed by atoms with E-state index in [-0.39, 0.29) is 6.42 Å². The van der Waals surface area contributed by atoms with Crippen molar-refractivity contribution < 1.29 is 75.4 Å². The fourth-order valence-corrected chi connectivity index (χ4v) is 22.2. The second-order valence-electron chi connectivity index (χ2n) is 20.6. The molecule has 0 spiro atoms. The van der Waals surface area contributed by atoms with Crippen molar-refractivity contribution in [1.82, 2.24) is 0 Å². The van der Waals surface area contributed by atoms with Gasteiger partial charge in [0.25, 0.3) is 0 Å². The van der Waals surface area contributed by atoms with Gasteiger partial charge in [0.1, 0.15) is 16.1 Å². The molecule has 2 nitrogen and oxygen atoms in total. The van der Waals surface area contributed by atoms with E-state index < -0.39 is 76.9 Å². The van der Waals surface area contributed by atoms with Crippen molar-refractivity contribution in [2.75, 3.05) is 6.61 Å². The van der Waals surface area contributed by atoms with Crippen LogP contribution in [-0.2, 0) is 16.0 Å². The van der Waals surface area contributed by atoms with Crippen LogP contribution in [0.25, 0.3) is 42.4 Å². The Hall–Kier alpha value is -4.41. The number of hydrogen-bond acceptors (Lipinski definition) is 3. The van der Waals surface area contributed by atoms with Crippen LogP contribution in [0, 0.1) is 22.9 Å². The number of carbonyl (C=O) groups is 1. The van der Waals surface area contributed by atoms with Crippen molar-refractivity contribution in [3.8, 4) is 22.9 Å². The van der Waals surface area contributed by atoms with Gasteiger partial charge < -0.3 is 4.74 Å². The monoisotopic (exact) mass is 1100 g/mol. The molecule has 0 N–H and O–H groups in total. The van der Waals surface area contributed by atoms with Gasteiger partial charge in [0.2, 0.25) is 0 Å². The predicted octanol–water partition coefficient (Wildman–Crippen LogP) is 18.3. The minimum absolute atomic E-state index is 0.152. The lowest BCUT2D eigenvalue weighted by atomic mass is 9.90. The first kappa shape index (κ1) is 59.5. The minimum atomic E-state index is -8.51. The van der Waals surface area contributed by atoms with Gasteiger partial charge in [0, 0.05) is 26.1 Å². The molecule has 0 aliphatic heterocycles. The number of thiophene rings is 1. The van der Waals surface area contributed by atoms with Crippen LogP contribution in [0.3, 0.4) is 0 Å². The molecule has 0 fully saturated rings. The number of carbonyl (C=O) groups excluding carboxylic acids is 1. The highest BCUT2D eigenvalue weighted by atomic mass is 32.1. The smallest absolute Gasteiger partial charge is 0.460 e. The first-order valence-corrected chi connectivity index (χ1v) is 28.9. The van der Waals surface area contributed by atoms with Crippen LogP contribution in [0.5, 0.6) is 0 Å². The Morgan fingerprint density at radius 3 is 1.25 bits per heavy atom. The van der Waals surface area contributed by atoms with Gasteiger partial charge in [-0.1, -0.05) is 119 Å². The number of rotatable bonds is 16. The normalized spacial score (nSPS) is 14.2. The second kappa shape index (κ2) is 20.3. The summed E-state index contributed by atoms with van der Waals surface area (Å²) in [6.07, 6.45) is -8.38. The molecule has 5 rings (SSSR count). The van der Waals surface area contributed by atoms with Gasteiger partial charge in [-0.25, -0.2) is 4.79 Å². The van der Waals surface area contributed by atoms with Crippen molar-refractivity contribution in [3.63, 3.8) is 0 Å². The summed E-state index contributed by atoms with van der Waals surface area (Å²) in [6.45, 7) is 25.2. The zero-order valence-corrected chi connectivity index (χ0v) is 45.0. The fraction of sp³-hybridized carbons (Fsp3) is 0.528. The van der Waals surface area contributed by atoms with E-state index >= 15 is 0 Å². The highest BCUT2D eigenvalue weighted by molar-refractivity contribution is 7.19. The van der Waals surface area contributed by atoms with E-state index in [0.717, 1.165) is 43.4 Å². The van der Waals surface area contributed by atoms with E-state index in [0.29, 0.717) is 48.2 Å². The number of alkyl halides is 15. The molecule has 73 heavy (non-hydrogen) atoms. The first-order chi connectivity index (χ1) is 33.2. The summed E-state index contributed by atoms with van der Waals surface area (Å²) in [5, 5.41) is 6.01. The van der Waals surface area contributed by atoms with Crippen LogP contribution in [0.1, 0.15) is 106 Å². The molecule has 0 unspecified atom stereocenters. The number of esters is 1. The zero-order valence-electron chi connectivity index (χ0n) is 42.2. The van der Waals surface area contributed by atoms with Gasteiger partial charge in [-0.05, 0) is 109 Å². The highest BCUT2D eigenvalue weighted by Crippen LogP contribution is 2.62. The van der Waals surface area contributed by atoms with Crippen LogP contribution >= 0.6 is 11.3 Å². The van der Waals surface area contributed by atoms with E-state index in [2.05, 4.69) is 123 Å². The number of aryl methyl sites for hydroxylation is 1. The minimum Gasteiger partial charge on any atom is -0.461 e. The Bertz CT molecular complexity index is 2810. The summed E-state index contributed by atoms with van der Waals surface area (Å²) < 4.78 is 211. The molecule has 0 amide bonds. The van der Waals surface area contributed by atoms with Gasteiger partial charge in [-0.15, -0.1) is 22.4 Å². The van der Waals surface area contributed by atoms with E-state index in [4.69, 9.17) is 0 Å². The average Bonchev–Trinajstić information content (AvgIpc) is 3.67. The molecule has 400 valence electrons. The van der Waals surface area contributed by atoms with E-state index in [1.54, 1.807) is 6.07 Å². The van der Waals surface area contributed by atoms with Crippen molar-refractivity contribution in [3.05, 3.63) is 70.6 Å². The Labute approximate surface area is 420 Å². The molecule has 1 aromatic heterocycles.